The lowest BCUT2D eigenvalue weighted by Gasteiger charge is -2.34. The molecular formula is C13H16FNO2. The van der Waals surface area contributed by atoms with E-state index in [9.17, 15) is 14.3 Å². The molecule has 3 nitrogen and oxygen atoms in total. The number of carboxylic acid groups (broad SMARTS) is 1. The van der Waals surface area contributed by atoms with Gasteiger partial charge in [-0.2, -0.15) is 0 Å². The van der Waals surface area contributed by atoms with Crippen LogP contribution in [0.3, 0.4) is 0 Å². The van der Waals surface area contributed by atoms with Gasteiger partial charge in [0, 0.05) is 0 Å². The third-order valence-corrected chi connectivity index (χ3v) is 3.68. The molecule has 0 unspecified atom stereocenters. The van der Waals surface area contributed by atoms with Gasteiger partial charge in [-0.15, -0.1) is 0 Å². The molecule has 92 valence electrons. The Kier molecular flexibility index (Phi) is 3.05. The first-order valence-corrected chi connectivity index (χ1v) is 5.86. The molecular weight excluding hydrogens is 221 g/mol. The van der Waals surface area contributed by atoms with E-state index in [1.807, 2.05) is 0 Å². The molecule has 1 aromatic carbocycles. The Balaban J connectivity index is 2.53. The van der Waals surface area contributed by atoms with E-state index in [-0.39, 0.29) is 5.69 Å². The van der Waals surface area contributed by atoms with Crippen LogP contribution in [-0.2, 0) is 10.2 Å². The predicted octanol–water partition coefficient (Wildman–Crippen LogP) is 2.69. The van der Waals surface area contributed by atoms with Gasteiger partial charge >= 0.3 is 5.97 Å². The predicted molar refractivity (Wildman–Crippen MR) is 63.2 cm³/mol. The van der Waals surface area contributed by atoms with Gasteiger partial charge in [0.2, 0.25) is 0 Å². The number of anilines is 1. The van der Waals surface area contributed by atoms with Crippen molar-refractivity contribution >= 4 is 11.7 Å². The summed E-state index contributed by atoms with van der Waals surface area (Å²) >= 11 is 0. The van der Waals surface area contributed by atoms with Crippen molar-refractivity contribution in [2.24, 2.45) is 0 Å². The molecule has 1 saturated carbocycles. The molecule has 3 N–H and O–H groups in total. The van der Waals surface area contributed by atoms with E-state index in [4.69, 9.17) is 5.73 Å². The second kappa shape index (κ2) is 4.35. The van der Waals surface area contributed by atoms with Crippen molar-refractivity contribution in [2.45, 2.75) is 37.5 Å². The summed E-state index contributed by atoms with van der Waals surface area (Å²) in [6, 6.07) is 4.43. The van der Waals surface area contributed by atoms with E-state index in [2.05, 4.69) is 0 Å². The molecule has 2 rings (SSSR count). The number of nitrogens with two attached hydrogens (primary N) is 1. The molecule has 1 aromatic rings. The van der Waals surface area contributed by atoms with Gasteiger partial charge in [-0.05, 0) is 24.5 Å². The van der Waals surface area contributed by atoms with E-state index < -0.39 is 17.2 Å². The molecule has 0 spiro atoms. The standard InChI is InChI=1S/C13H16FNO2/c14-10-6-4-5-9(11(10)15)13(12(16)17)7-2-1-3-8-13/h4-6H,1-3,7-8,15H2,(H,16,17). The normalized spacial score (nSPS) is 18.9. The Morgan fingerprint density at radius 1 is 1.29 bits per heavy atom. The number of aliphatic carboxylic acids is 1. The fourth-order valence-electron chi connectivity index (χ4n) is 2.71. The number of carboxylic acids is 1. The van der Waals surface area contributed by atoms with Gasteiger partial charge in [-0.3, -0.25) is 4.79 Å². The van der Waals surface area contributed by atoms with Crippen LogP contribution in [0.4, 0.5) is 10.1 Å². The quantitative estimate of drug-likeness (QED) is 0.777. The number of nitrogen functional groups attached to an aromatic ring is 1. The lowest BCUT2D eigenvalue weighted by molar-refractivity contribution is -0.145. The Morgan fingerprint density at radius 2 is 1.94 bits per heavy atom. The number of para-hydroxylation sites is 1. The van der Waals surface area contributed by atoms with Crippen LogP contribution in [0.2, 0.25) is 0 Å². The summed E-state index contributed by atoms with van der Waals surface area (Å²) in [5.41, 5.74) is 5.12. The molecule has 0 aromatic heterocycles. The summed E-state index contributed by atoms with van der Waals surface area (Å²) in [7, 11) is 0. The number of hydrogen-bond acceptors (Lipinski definition) is 2. The molecule has 0 atom stereocenters. The first-order chi connectivity index (χ1) is 8.08. The smallest absolute Gasteiger partial charge is 0.314 e. The minimum absolute atomic E-state index is 0.0169. The fraction of sp³-hybridized carbons (Fsp3) is 0.462. The number of rotatable bonds is 2. The van der Waals surface area contributed by atoms with Crippen LogP contribution in [-0.4, -0.2) is 11.1 Å². The van der Waals surface area contributed by atoms with Gasteiger partial charge in [0.1, 0.15) is 5.82 Å². The average molecular weight is 237 g/mol. The molecule has 17 heavy (non-hydrogen) atoms. The molecule has 0 heterocycles. The van der Waals surface area contributed by atoms with E-state index in [1.54, 1.807) is 6.07 Å². The summed E-state index contributed by atoms with van der Waals surface area (Å²) in [5, 5.41) is 9.48. The minimum Gasteiger partial charge on any atom is -0.481 e. The van der Waals surface area contributed by atoms with Crippen molar-refractivity contribution in [2.75, 3.05) is 5.73 Å². The largest absolute Gasteiger partial charge is 0.481 e. The van der Waals surface area contributed by atoms with Crippen LogP contribution in [0.15, 0.2) is 18.2 Å². The van der Waals surface area contributed by atoms with Gasteiger partial charge in [0.25, 0.3) is 0 Å². The molecule has 1 aliphatic rings. The van der Waals surface area contributed by atoms with Crippen molar-refractivity contribution in [3.05, 3.63) is 29.6 Å². The maximum Gasteiger partial charge on any atom is 0.314 e. The zero-order valence-electron chi connectivity index (χ0n) is 9.58. The fourth-order valence-corrected chi connectivity index (χ4v) is 2.71. The molecule has 0 aliphatic heterocycles. The molecule has 0 amide bonds. The second-order valence-electron chi connectivity index (χ2n) is 4.65. The minimum atomic E-state index is -0.996. The molecule has 0 radical (unpaired) electrons. The van der Waals surface area contributed by atoms with Gasteiger partial charge in [0.15, 0.2) is 0 Å². The molecule has 4 heteroatoms. The lowest BCUT2D eigenvalue weighted by Crippen LogP contribution is -2.38. The highest BCUT2D eigenvalue weighted by atomic mass is 19.1. The number of halogens is 1. The Hall–Kier alpha value is -1.58. The third kappa shape index (κ3) is 1.88. The van der Waals surface area contributed by atoms with Crippen molar-refractivity contribution in [1.29, 1.82) is 0 Å². The number of carbonyl (C=O) groups is 1. The van der Waals surface area contributed by atoms with Crippen LogP contribution in [0.25, 0.3) is 0 Å². The number of hydrogen-bond donors (Lipinski definition) is 2. The summed E-state index contributed by atoms with van der Waals surface area (Å²) < 4.78 is 13.4. The highest BCUT2D eigenvalue weighted by molar-refractivity contribution is 5.84. The van der Waals surface area contributed by atoms with Crippen LogP contribution >= 0.6 is 0 Å². The monoisotopic (exact) mass is 237 g/mol. The van der Waals surface area contributed by atoms with E-state index in [1.165, 1.54) is 12.1 Å². The van der Waals surface area contributed by atoms with E-state index >= 15 is 0 Å². The molecule has 0 saturated heterocycles. The molecule has 1 fully saturated rings. The van der Waals surface area contributed by atoms with Gasteiger partial charge < -0.3 is 10.8 Å². The summed E-state index contributed by atoms with van der Waals surface area (Å²) in [6.45, 7) is 0. The maximum atomic E-state index is 13.4. The maximum absolute atomic E-state index is 13.4. The third-order valence-electron chi connectivity index (χ3n) is 3.68. The number of benzene rings is 1. The Bertz CT molecular complexity index is 439. The van der Waals surface area contributed by atoms with Crippen molar-refractivity contribution in [3.63, 3.8) is 0 Å². The lowest BCUT2D eigenvalue weighted by atomic mass is 9.69. The Morgan fingerprint density at radius 3 is 2.53 bits per heavy atom. The van der Waals surface area contributed by atoms with E-state index in [0.29, 0.717) is 18.4 Å². The summed E-state index contributed by atoms with van der Waals surface area (Å²) in [5.74, 6) is -1.43. The first kappa shape index (κ1) is 11.9. The van der Waals surface area contributed by atoms with Crippen molar-refractivity contribution in [1.82, 2.24) is 0 Å². The van der Waals surface area contributed by atoms with Gasteiger partial charge in [-0.1, -0.05) is 31.4 Å². The first-order valence-electron chi connectivity index (χ1n) is 5.86. The highest BCUT2D eigenvalue weighted by Crippen LogP contribution is 2.42. The van der Waals surface area contributed by atoms with Crippen molar-refractivity contribution < 1.29 is 14.3 Å². The van der Waals surface area contributed by atoms with Crippen LogP contribution in [0, 0.1) is 5.82 Å². The summed E-state index contributed by atoms with van der Waals surface area (Å²) in [6.07, 6.45) is 3.81. The van der Waals surface area contributed by atoms with Gasteiger partial charge in [0.05, 0.1) is 11.1 Å². The van der Waals surface area contributed by atoms with Crippen LogP contribution in [0.5, 0.6) is 0 Å². The average Bonchev–Trinajstić information content (AvgIpc) is 2.33. The SMILES string of the molecule is Nc1c(F)cccc1C1(C(=O)O)CCCCC1. The van der Waals surface area contributed by atoms with Crippen molar-refractivity contribution in [3.8, 4) is 0 Å². The zero-order valence-corrected chi connectivity index (χ0v) is 9.58. The zero-order chi connectivity index (χ0) is 12.5. The summed E-state index contributed by atoms with van der Waals surface area (Å²) in [4.78, 5) is 11.6. The highest BCUT2D eigenvalue weighted by Gasteiger charge is 2.42. The second-order valence-corrected chi connectivity index (χ2v) is 4.65. The molecule has 1 aliphatic carbocycles. The van der Waals surface area contributed by atoms with Crippen LogP contribution < -0.4 is 5.73 Å². The Labute approximate surface area is 99.4 Å². The van der Waals surface area contributed by atoms with Crippen LogP contribution in [0.1, 0.15) is 37.7 Å². The van der Waals surface area contributed by atoms with Gasteiger partial charge in [-0.25, -0.2) is 4.39 Å². The molecule has 0 bridgehead atoms. The topological polar surface area (TPSA) is 63.3 Å². The van der Waals surface area contributed by atoms with E-state index in [0.717, 1.165) is 19.3 Å².